The normalized spacial score (nSPS) is 14.1. The van der Waals surface area contributed by atoms with Gasteiger partial charge in [0.15, 0.2) is 22.8 Å². The number of hydrogen-bond acceptors (Lipinski definition) is 13. The van der Waals surface area contributed by atoms with Crippen LogP contribution < -0.4 is 21.7 Å². The quantitative estimate of drug-likeness (QED) is 0.172. The lowest BCUT2D eigenvalue weighted by molar-refractivity contribution is 0.0689. The van der Waals surface area contributed by atoms with E-state index in [0.29, 0.717) is 0 Å². The van der Waals surface area contributed by atoms with E-state index < -0.39 is 47.9 Å². The number of aromatic nitrogens is 4. The largest absolute Gasteiger partial charge is 0.476 e. The van der Waals surface area contributed by atoms with E-state index in [-0.39, 0.29) is 46.3 Å². The molecular formula is C24H26N8O9. The number of carboxylic acids is 1. The SMILES string of the molecule is CC(N)c1nc(C(=O)NC(C)c2nc(C(=O)NC(C)c3nc(C(=O)NC(C)c4nc(C(=O)O)co4)co3)co2)co1. The first-order valence-corrected chi connectivity index (χ1v) is 12.2. The Morgan fingerprint density at radius 3 is 1.20 bits per heavy atom. The highest BCUT2D eigenvalue weighted by atomic mass is 16.4. The summed E-state index contributed by atoms with van der Waals surface area (Å²) in [5.41, 5.74) is 5.25. The minimum atomic E-state index is -1.27. The van der Waals surface area contributed by atoms with Gasteiger partial charge in [-0.3, -0.25) is 14.4 Å². The molecule has 0 aromatic carbocycles. The van der Waals surface area contributed by atoms with Crippen LogP contribution in [-0.4, -0.2) is 48.7 Å². The maximum Gasteiger partial charge on any atom is 0.357 e. The third-order valence-electron chi connectivity index (χ3n) is 5.55. The van der Waals surface area contributed by atoms with Crippen LogP contribution in [0.5, 0.6) is 0 Å². The van der Waals surface area contributed by atoms with Crippen molar-refractivity contribution in [3.8, 4) is 0 Å². The number of rotatable bonds is 11. The van der Waals surface area contributed by atoms with E-state index in [4.69, 9.17) is 28.5 Å². The van der Waals surface area contributed by atoms with Gasteiger partial charge in [0.25, 0.3) is 17.7 Å². The van der Waals surface area contributed by atoms with E-state index in [9.17, 15) is 19.2 Å². The monoisotopic (exact) mass is 570 g/mol. The molecule has 216 valence electrons. The number of oxazole rings is 4. The number of hydrogen-bond donors (Lipinski definition) is 5. The molecule has 0 radical (unpaired) electrons. The molecule has 0 saturated carbocycles. The summed E-state index contributed by atoms with van der Waals surface area (Å²) < 4.78 is 20.9. The molecule has 4 unspecified atom stereocenters. The molecule has 0 aliphatic rings. The van der Waals surface area contributed by atoms with Crippen LogP contribution in [0, 0.1) is 0 Å². The van der Waals surface area contributed by atoms with Crippen LogP contribution in [0.4, 0.5) is 0 Å². The zero-order valence-electron chi connectivity index (χ0n) is 22.2. The summed E-state index contributed by atoms with van der Waals surface area (Å²) >= 11 is 0. The average Bonchev–Trinajstić information content (AvgIpc) is 3.74. The van der Waals surface area contributed by atoms with Crippen molar-refractivity contribution in [3.05, 3.63) is 71.4 Å². The van der Waals surface area contributed by atoms with Crippen molar-refractivity contribution >= 4 is 23.7 Å². The molecular weight excluding hydrogens is 544 g/mol. The molecule has 41 heavy (non-hydrogen) atoms. The van der Waals surface area contributed by atoms with E-state index in [1.54, 1.807) is 27.7 Å². The molecule has 17 heteroatoms. The number of amides is 3. The van der Waals surface area contributed by atoms with Crippen molar-refractivity contribution in [3.63, 3.8) is 0 Å². The minimum absolute atomic E-state index is 0.00511. The van der Waals surface area contributed by atoms with Gasteiger partial charge in [-0.2, -0.15) is 0 Å². The molecule has 0 spiro atoms. The number of carbonyl (C=O) groups is 4. The maximum absolute atomic E-state index is 12.7. The minimum Gasteiger partial charge on any atom is -0.476 e. The number of aromatic carboxylic acids is 1. The molecule has 0 saturated heterocycles. The Hall–Kier alpha value is -5.32. The smallest absolute Gasteiger partial charge is 0.357 e. The van der Waals surface area contributed by atoms with Crippen LogP contribution in [0.1, 0.15) is 117 Å². The number of carboxylic acid groups (broad SMARTS) is 1. The Morgan fingerprint density at radius 2 is 0.902 bits per heavy atom. The number of nitrogens with zero attached hydrogens (tertiary/aromatic N) is 4. The molecule has 0 aliphatic heterocycles. The first kappa shape index (κ1) is 28.7. The van der Waals surface area contributed by atoms with E-state index in [1.807, 2.05) is 0 Å². The molecule has 0 bridgehead atoms. The fourth-order valence-corrected chi connectivity index (χ4v) is 3.36. The van der Waals surface area contributed by atoms with Crippen LogP contribution in [0.2, 0.25) is 0 Å². The van der Waals surface area contributed by atoms with Crippen molar-refractivity contribution < 1.29 is 42.0 Å². The predicted molar refractivity (Wildman–Crippen MR) is 133 cm³/mol. The summed E-state index contributed by atoms with van der Waals surface area (Å²) in [6.07, 6.45) is 4.37. The molecule has 3 amide bonds. The molecule has 4 atom stereocenters. The first-order chi connectivity index (χ1) is 19.4. The van der Waals surface area contributed by atoms with E-state index in [2.05, 4.69) is 35.9 Å². The van der Waals surface area contributed by atoms with Crippen LogP contribution >= 0.6 is 0 Å². The predicted octanol–water partition coefficient (Wildman–Crippen LogP) is 1.83. The van der Waals surface area contributed by atoms with E-state index >= 15 is 0 Å². The van der Waals surface area contributed by atoms with Gasteiger partial charge in [0.05, 0.1) is 6.04 Å². The highest BCUT2D eigenvalue weighted by Crippen LogP contribution is 2.18. The maximum atomic E-state index is 12.7. The first-order valence-electron chi connectivity index (χ1n) is 12.2. The zero-order chi connectivity index (χ0) is 29.8. The van der Waals surface area contributed by atoms with E-state index in [1.165, 1.54) is 6.26 Å². The Labute approximate surface area is 230 Å². The summed E-state index contributed by atoms with van der Waals surface area (Å²) in [6.45, 7) is 6.39. The topological polar surface area (TPSA) is 255 Å². The summed E-state index contributed by atoms with van der Waals surface area (Å²) in [5.74, 6) is -2.77. The van der Waals surface area contributed by atoms with Crippen molar-refractivity contribution in [2.75, 3.05) is 0 Å². The van der Waals surface area contributed by atoms with Crippen LogP contribution in [0.25, 0.3) is 0 Å². The molecule has 4 aromatic rings. The van der Waals surface area contributed by atoms with Gasteiger partial charge >= 0.3 is 5.97 Å². The second-order valence-corrected chi connectivity index (χ2v) is 8.96. The molecule has 6 N–H and O–H groups in total. The lowest BCUT2D eigenvalue weighted by atomic mass is 10.3. The summed E-state index contributed by atoms with van der Waals surface area (Å²) in [7, 11) is 0. The lowest BCUT2D eigenvalue weighted by Crippen LogP contribution is -2.29. The van der Waals surface area contributed by atoms with Gasteiger partial charge in [-0.1, -0.05) is 0 Å². The average molecular weight is 571 g/mol. The van der Waals surface area contributed by atoms with Crippen molar-refractivity contribution in [2.24, 2.45) is 5.73 Å². The highest BCUT2D eigenvalue weighted by Gasteiger charge is 2.25. The zero-order valence-corrected chi connectivity index (χ0v) is 22.2. The van der Waals surface area contributed by atoms with Crippen LogP contribution in [0.15, 0.2) is 42.7 Å². The van der Waals surface area contributed by atoms with Crippen LogP contribution in [0.3, 0.4) is 0 Å². The number of nitrogens with two attached hydrogens (primary N) is 1. The third kappa shape index (κ3) is 6.64. The molecule has 0 fully saturated rings. The van der Waals surface area contributed by atoms with Gasteiger partial charge in [-0.25, -0.2) is 24.7 Å². The summed E-state index contributed by atoms with van der Waals surface area (Å²) in [5, 5.41) is 16.8. The van der Waals surface area contributed by atoms with Gasteiger partial charge in [0.1, 0.15) is 43.2 Å². The van der Waals surface area contributed by atoms with Crippen molar-refractivity contribution in [1.82, 2.24) is 35.9 Å². The molecule has 4 aromatic heterocycles. The second kappa shape index (κ2) is 11.8. The van der Waals surface area contributed by atoms with Gasteiger partial charge in [-0.05, 0) is 27.7 Å². The van der Waals surface area contributed by atoms with Gasteiger partial charge < -0.3 is 44.5 Å². The number of nitrogens with one attached hydrogen (secondary N) is 3. The fraction of sp³-hybridized carbons (Fsp3) is 0.333. The number of carbonyl (C=O) groups excluding carboxylic acids is 3. The third-order valence-corrected chi connectivity index (χ3v) is 5.55. The summed E-state index contributed by atoms with van der Waals surface area (Å²) in [4.78, 5) is 64.6. The molecule has 4 heterocycles. The Bertz CT molecular complexity index is 1570. The molecule has 0 aliphatic carbocycles. The van der Waals surface area contributed by atoms with Gasteiger partial charge in [0, 0.05) is 0 Å². The standard InChI is InChI=1S/C24H26N8O9/c1-9(25)20-29-13(5-38-20)17(33)26-10(2)21-30-14(6-39-21)18(34)27-11(3)22-31-15(7-40-22)19(35)28-12(4)23-32-16(8-41-23)24(36)37/h5-12H,25H2,1-4H3,(H,26,33)(H,27,34)(H,28,35)(H,36,37). The Morgan fingerprint density at radius 1 is 0.610 bits per heavy atom. The van der Waals surface area contributed by atoms with Crippen molar-refractivity contribution in [2.45, 2.75) is 51.9 Å². The Kier molecular flexibility index (Phi) is 8.27. The van der Waals surface area contributed by atoms with Crippen molar-refractivity contribution in [1.29, 1.82) is 0 Å². The molecule has 4 rings (SSSR count). The lowest BCUT2D eigenvalue weighted by Gasteiger charge is -2.09. The van der Waals surface area contributed by atoms with Gasteiger partial charge in [-0.15, -0.1) is 0 Å². The van der Waals surface area contributed by atoms with E-state index in [0.717, 1.165) is 18.8 Å². The highest BCUT2D eigenvalue weighted by molar-refractivity contribution is 5.93. The van der Waals surface area contributed by atoms with Crippen LogP contribution in [-0.2, 0) is 0 Å². The summed E-state index contributed by atoms with van der Waals surface area (Å²) in [6, 6.07) is -2.72. The fourth-order valence-electron chi connectivity index (χ4n) is 3.36. The molecule has 17 nitrogen and oxygen atoms in total. The van der Waals surface area contributed by atoms with Gasteiger partial charge in [0.2, 0.25) is 23.6 Å². The Balaban J connectivity index is 1.31. The second-order valence-electron chi connectivity index (χ2n) is 8.96.